The molecule has 1 aromatic carbocycles. The monoisotopic (exact) mass is 796 g/mol. The van der Waals surface area contributed by atoms with Gasteiger partial charge in [0.2, 0.25) is 5.36 Å². The topological polar surface area (TPSA) is 190 Å². The van der Waals surface area contributed by atoms with Crippen LogP contribution in [0.4, 0.5) is 5.69 Å². The van der Waals surface area contributed by atoms with Crippen molar-refractivity contribution in [2.75, 3.05) is 57.7 Å². The SMILES string of the molecule is COCC[N+](CCOC)=c1ccc2c(C(C)(C)C)cc(/C=C/C=C3/N(CCCS(=O)(=O)[O-])c4ccc(S(=O)(=O)[O-])cc4C3(C)CCCC(=O)O)oc-2c1.[Na+]. The van der Waals surface area contributed by atoms with Gasteiger partial charge < -0.3 is 33.0 Å². The van der Waals surface area contributed by atoms with Crippen LogP contribution in [-0.4, -0.2) is 89.8 Å². The molecular formula is C38H49N2NaO11S2. The molecule has 16 heteroatoms. The first kappa shape index (κ1) is 45.5. The summed E-state index contributed by atoms with van der Waals surface area (Å²) in [6.45, 7) is 10.6. The molecule has 0 fully saturated rings. The van der Waals surface area contributed by atoms with Gasteiger partial charge in [-0.05, 0) is 85.2 Å². The summed E-state index contributed by atoms with van der Waals surface area (Å²) in [5.74, 6) is -0.404. The van der Waals surface area contributed by atoms with E-state index in [-0.39, 0.29) is 67.2 Å². The molecule has 0 aromatic heterocycles. The van der Waals surface area contributed by atoms with Gasteiger partial charge in [-0.15, -0.1) is 0 Å². The van der Waals surface area contributed by atoms with Crippen LogP contribution in [0.2, 0.25) is 0 Å². The number of carboxylic acids is 1. The Hall–Kier alpha value is -2.86. The molecule has 1 unspecified atom stereocenters. The first-order chi connectivity index (χ1) is 24.8. The molecule has 1 aliphatic carbocycles. The molecule has 4 rings (SSSR count). The van der Waals surface area contributed by atoms with Crippen molar-refractivity contribution in [3.8, 4) is 11.3 Å². The second-order valence-corrected chi connectivity index (χ2v) is 17.3. The molecule has 0 spiro atoms. The third-order valence-electron chi connectivity index (χ3n) is 9.43. The molecule has 13 nitrogen and oxygen atoms in total. The van der Waals surface area contributed by atoms with Crippen molar-refractivity contribution >= 4 is 38.0 Å². The summed E-state index contributed by atoms with van der Waals surface area (Å²) < 4.78 is 90.0. The number of aliphatic carboxylic acids is 1. The maximum absolute atomic E-state index is 12.1. The first-order valence-electron chi connectivity index (χ1n) is 17.3. The van der Waals surface area contributed by atoms with E-state index in [1.807, 2.05) is 25.1 Å². The van der Waals surface area contributed by atoms with Crippen LogP contribution in [0.3, 0.4) is 0 Å². The fourth-order valence-corrected chi connectivity index (χ4v) is 7.76. The van der Waals surface area contributed by atoms with Crippen molar-refractivity contribution in [3.05, 3.63) is 82.6 Å². The van der Waals surface area contributed by atoms with Crippen LogP contribution in [0.25, 0.3) is 17.4 Å². The van der Waals surface area contributed by atoms with Crippen molar-refractivity contribution in [1.29, 1.82) is 0 Å². The molecule has 0 saturated carbocycles. The molecule has 2 aliphatic heterocycles. The molecule has 0 amide bonds. The van der Waals surface area contributed by atoms with Gasteiger partial charge in [0.05, 0.1) is 21.1 Å². The van der Waals surface area contributed by atoms with Gasteiger partial charge in [0, 0.05) is 61.4 Å². The number of carboxylic acid groups (broad SMARTS) is 1. The Bertz CT molecular complexity index is 2110. The predicted molar refractivity (Wildman–Crippen MR) is 200 cm³/mol. The summed E-state index contributed by atoms with van der Waals surface area (Å²) >= 11 is 0. The van der Waals surface area contributed by atoms with Gasteiger partial charge in [-0.1, -0.05) is 26.8 Å². The van der Waals surface area contributed by atoms with E-state index >= 15 is 0 Å². The van der Waals surface area contributed by atoms with E-state index in [0.29, 0.717) is 54.8 Å². The summed E-state index contributed by atoms with van der Waals surface area (Å²) in [7, 11) is -6.04. The van der Waals surface area contributed by atoms with Crippen molar-refractivity contribution in [2.24, 2.45) is 0 Å². The van der Waals surface area contributed by atoms with Crippen LogP contribution >= 0.6 is 0 Å². The fourth-order valence-electron chi connectivity index (χ4n) is 6.78. The van der Waals surface area contributed by atoms with E-state index in [9.17, 15) is 35.8 Å². The Kier molecular flexibility index (Phi) is 15.9. The normalized spacial score (nSPS) is 17.0. The number of ether oxygens (including phenoxy) is 2. The minimum atomic E-state index is -4.83. The summed E-state index contributed by atoms with van der Waals surface area (Å²) in [6.07, 6.45) is 5.67. The Morgan fingerprint density at radius 2 is 1.67 bits per heavy atom. The van der Waals surface area contributed by atoms with Crippen molar-refractivity contribution in [2.45, 2.75) is 69.1 Å². The zero-order valence-corrected chi connectivity index (χ0v) is 35.7. The van der Waals surface area contributed by atoms with Crippen LogP contribution < -0.4 is 44.4 Å². The number of anilines is 1. The molecular weight excluding hydrogens is 748 g/mol. The number of hydrogen-bond acceptors (Lipinski definition) is 11. The molecule has 0 bridgehead atoms. The molecule has 0 radical (unpaired) electrons. The van der Waals surface area contributed by atoms with Gasteiger partial charge in [-0.3, -0.25) is 4.79 Å². The van der Waals surface area contributed by atoms with Gasteiger partial charge in [0.15, 0.2) is 13.1 Å². The maximum Gasteiger partial charge on any atom is 1.00 e. The van der Waals surface area contributed by atoms with Gasteiger partial charge in [-0.25, -0.2) is 21.4 Å². The number of benzene rings is 2. The maximum atomic E-state index is 12.1. The molecule has 0 saturated heterocycles. The van der Waals surface area contributed by atoms with Gasteiger partial charge in [0.1, 0.15) is 34.9 Å². The first-order valence-corrected chi connectivity index (χ1v) is 20.3. The standard InChI is InChI=1S/C38H50N2O11S2.Na/c1-37(2,3)31-25-28(51-34-24-27(13-15-30(31)34)39(19-21-49-5)20-22-50-6)10-7-11-35-38(4,17-8-12-36(41)42)32-26-29(53(46,47)48)14-16-33(32)40(35)18-9-23-52(43,44)45;/h7,10-11,13-16,24-26H,8-9,12,17-23H2,1-6H3,(H2-,41,42,43,44,45,46,47,48);/q;+1/p-1. The predicted octanol–water partition coefficient (Wildman–Crippen LogP) is 1.52. The molecule has 1 aromatic rings. The Morgan fingerprint density at radius 1 is 1.00 bits per heavy atom. The number of hydrogen-bond donors (Lipinski definition) is 1. The number of carbonyl (C=O) groups is 1. The molecule has 1 atom stereocenters. The molecule has 1 N–H and O–H groups in total. The molecule has 2 heterocycles. The fraction of sp³-hybridized carbons (Fsp3) is 0.474. The van der Waals surface area contributed by atoms with E-state index < -0.39 is 42.3 Å². The van der Waals surface area contributed by atoms with Gasteiger partial charge >= 0.3 is 35.5 Å². The third-order valence-corrected chi connectivity index (χ3v) is 11.0. The van der Waals surface area contributed by atoms with Crippen molar-refractivity contribution in [3.63, 3.8) is 0 Å². The molecule has 290 valence electrons. The number of rotatable bonds is 17. The zero-order chi connectivity index (χ0) is 39.2. The van der Waals surface area contributed by atoms with Crippen LogP contribution in [0.1, 0.15) is 70.3 Å². The largest absolute Gasteiger partial charge is 1.00 e. The summed E-state index contributed by atoms with van der Waals surface area (Å²) in [6, 6.07) is 12.0. The quantitative estimate of drug-likeness (QED) is 0.118. The van der Waals surface area contributed by atoms with Crippen LogP contribution in [-0.2, 0) is 45.3 Å². The Labute approximate surface area is 340 Å². The zero-order valence-electron chi connectivity index (χ0n) is 32.1. The Morgan fingerprint density at radius 3 is 2.24 bits per heavy atom. The van der Waals surface area contributed by atoms with E-state index in [1.54, 1.807) is 37.3 Å². The van der Waals surface area contributed by atoms with E-state index in [1.165, 1.54) is 18.2 Å². The van der Waals surface area contributed by atoms with Crippen LogP contribution in [0.5, 0.6) is 0 Å². The minimum absolute atomic E-state index is 0. The molecule has 3 aliphatic rings. The third kappa shape index (κ3) is 11.6. The van der Waals surface area contributed by atoms with Crippen LogP contribution in [0.15, 0.2) is 69.6 Å². The number of fused-ring (bicyclic) bond motifs is 2. The number of nitrogens with zero attached hydrogens (tertiary/aromatic N) is 2. The Balaban J connectivity index is 0.00000784. The average molecular weight is 797 g/mol. The second kappa shape index (κ2) is 18.9. The summed E-state index contributed by atoms with van der Waals surface area (Å²) in [5, 5.41) is 10.3. The van der Waals surface area contributed by atoms with Crippen molar-refractivity contribution < 1.29 is 79.3 Å². The average Bonchev–Trinajstić information content (AvgIpc) is 3.29. The second-order valence-electron chi connectivity index (χ2n) is 14.4. The van der Waals surface area contributed by atoms with Gasteiger partial charge in [0.25, 0.3) is 0 Å². The summed E-state index contributed by atoms with van der Waals surface area (Å²) in [4.78, 5) is 12.9. The van der Waals surface area contributed by atoms with E-state index in [0.717, 1.165) is 16.5 Å². The van der Waals surface area contributed by atoms with E-state index in [4.69, 9.17) is 13.9 Å². The van der Waals surface area contributed by atoms with Crippen molar-refractivity contribution in [1.82, 2.24) is 4.58 Å². The van der Waals surface area contributed by atoms with Gasteiger partial charge in [-0.2, -0.15) is 0 Å². The van der Waals surface area contributed by atoms with Crippen LogP contribution in [0, 0.1) is 0 Å². The number of methoxy groups -OCH3 is 2. The summed E-state index contributed by atoms with van der Waals surface area (Å²) in [5.41, 5.74) is 2.40. The molecule has 54 heavy (non-hydrogen) atoms. The number of allylic oxidation sites excluding steroid dienone is 3. The smallest absolute Gasteiger partial charge is 0.748 e. The minimum Gasteiger partial charge on any atom is -0.748 e. The van der Waals surface area contributed by atoms with E-state index in [2.05, 4.69) is 31.4 Å².